The molecular formula is C25H23N3O5. The number of rotatable bonds is 7. The van der Waals surface area contributed by atoms with Gasteiger partial charge in [-0.2, -0.15) is 0 Å². The summed E-state index contributed by atoms with van der Waals surface area (Å²) in [6.07, 6.45) is 3.20. The van der Waals surface area contributed by atoms with Crippen LogP contribution in [0.15, 0.2) is 71.8 Å². The first kappa shape index (κ1) is 21.9. The van der Waals surface area contributed by atoms with E-state index >= 15 is 0 Å². The van der Waals surface area contributed by atoms with Crippen LogP contribution in [0.4, 0.5) is 0 Å². The summed E-state index contributed by atoms with van der Waals surface area (Å²) in [7, 11) is 4.51. The van der Waals surface area contributed by atoms with E-state index in [1.54, 1.807) is 42.6 Å². The number of amides is 1. The lowest BCUT2D eigenvalue weighted by molar-refractivity contribution is 0.0951. The standard InChI is InChI=1S/C25H23N3O5/c1-31-21-12-17(13-22(32-2)23(21)33-3)28-15-20(18-9-4-5-10-19(18)25(28)30)24(29)27-14-16-8-6-7-11-26-16/h4-13,15H,14H2,1-3H3,(H,27,29). The number of aromatic nitrogens is 2. The van der Waals surface area contributed by atoms with Gasteiger partial charge in [-0.05, 0) is 18.2 Å². The average molecular weight is 445 g/mol. The number of nitrogens with one attached hydrogen (secondary N) is 1. The predicted octanol–water partition coefficient (Wildman–Crippen LogP) is 3.34. The number of nitrogens with zero attached hydrogens (tertiary/aromatic N) is 2. The van der Waals surface area contributed by atoms with Crippen LogP contribution in [0.5, 0.6) is 17.2 Å². The van der Waals surface area contributed by atoms with Crippen molar-refractivity contribution >= 4 is 16.7 Å². The zero-order valence-corrected chi connectivity index (χ0v) is 18.5. The Kier molecular flexibility index (Phi) is 6.26. The number of hydrogen-bond acceptors (Lipinski definition) is 6. The lowest BCUT2D eigenvalue weighted by Gasteiger charge is -2.17. The Hall–Kier alpha value is -4.33. The third-order valence-corrected chi connectivity index (χ3v) is 5.25. The Labute approximate surface area is 190 Å². The molecule has 168 valence electrons. The molecule has 1 amide bonds. The van der Waals surface area contributed by atoms with Gasteiger partial charge in [-0.25, -0.2) is 0 Å². The molecule has 8 nitrogen and oxygen atoms in total. The first-order valence-corrected chi connectivity index (χ1v) is 10.2. The van der Waals surface area contributed by atoms with Crippen molar-refractivity contribution in [1.82, 2.24) is 14.9 Å². The van der Waals surface area contributed by atoms with E-state index in [1.807, 2.05) is 18.2 Å². The normalized spacial score (nSPS) is 10.6. The zero-order chi connectivity index (χ0) is 23.4. The summed E-state index contributed by atoms with van der Waals surface area (Å²) in [6, 6.07) is 15.8. The van der Waals surface area contributed by atoms with Gasteiger partial charge in [0.15, 0.2) is 11.5 Å². The third kappa shape index (κ3) is 4.23. The maximum absolute atomic E-state index is 13.3. The van der Waals surface area contributed by atoms with Crippen LogP contribution in [-0.4, -0.2) is 36.8 Å². The Balaban J connectivity index is 1.85. The maximum Gasteiger partial charge on any atom is 0.263 e. The van der Waals surface area contributed by atoms with E-state index in [0.717, 1.165) is 5.69 Å². The lowest BCUT2D eigenvalue weighted by atomic mass is 10.1. The van der Waals surface area contributed by atoms with Gasteiger partial charge in [-0.15, -0.1) is 0 Å². The van der Waals surface area contributed by atoms with Gasteiger partial charge in [0.2, 0.25) is 5.75 Å². The van der Waals surface area contributed by atoms with Crippen LogP contribution < -0.4 is 25.1 Å². The molecule has 0 saturated carbocycles. The number of carbonyl (C=O) groups is 1. The number of pyridine rings is 2. The van der Waals surface area contributed by atoms with Gasteiger partial charge < -0.3 is 19.5 Å². The summed E-state index contributed by atoms with van der Waals surface area (Å²) in [5.74, 6) is 0.880. The highest BCUT2D eigenvalue weighted by Gasteiger charge is 2.19. The zero-order valence-electron chi connectivity index (χ0n) is 18.5. The first-order valence-electron chi connectivity index (χ1n) is 10.2. The van der Waals surface area contributed by atoms with Gasteiger partial charge in [-0.1, -0.05) is 24.3 Å². The molecule has 33 heavy (non-hydrogen) atoms. The molecule has 4 aromatic rings. The van der Waals surface area contributed by atoms with Crippen molar-refractivity contribution in [2.45, 2.75) is 6.54 Å². The van der Waals surface area contributed by atoms with Gasteiger partial charge in [0.05, 0.1) is 44.8 Å². The SMILES string of the molecule is COc1cc(-n2cc(C(=O)NCc3ccccn3)c3ccccc3c2=O)cc(OC)c1OC. The van der Waals surface area contributed by atoms with E-state index in [-0.39, 0.29) is 18.0 Å². The highest BCUT2D eigenvalue weighted by Crippen LogP contribution is 2.39. The molecule has 2 heterocycles. The molecule has 0 aliphatic heterocycles. The summed E-state index contributed by atoms with van der Waals surface area (Å²) in [5.41, 5.74) is 1.28. The molecule has 2 aromatic carbocycles. The van der Waals surface area contributed by atoms with Gasteiger partial charge in [0, 0.05) is 35.3 Å². The second-order valence-corrected chi connectivity index (χ2v) is 7.15. The third-order valence-electron chi connectivity index (χ3n) is 5.25. The summed E-state index contributed by atoms with van der Waals surface area (Å²) >= 11 is 0. The molecule has 0 atom stereocenters. The van der Waals surface area contributed by atoms with Crippen LogP contribution in [0.3, 0.4) is 0 Å². The quantitative estimate of drug-likeness (QED) is 0.469. The molecule has 0 aliphatic carbocycles. The van der Waals surface area contributed by atoms with Crippen molar-refractivity contribution in [2.24, 2.45) is 0 Å². The molecule has 4 rings (SSSR count). The van der Waals surface area contributed by atoms with Crippen molar-refractivity contribution in [3.8, 4) is 22.9 Å². The van der Waals surface area contributed by atoms with Gasteiger partial charge in [-0.3, -0.25) is 19.1 Å². The smallest absolute Gasteiger partial charge is 0.263 e. The van der Waals surface area contributed by atoms with Crippen LogP contribution in [-0.2, 0) is 6.54 Å². The summed E-state index contributed by atoms with van der Waals surface area (Å²) < 4.78 is 17.6. The van der Waals surface area contributed by atoms with Crippen molar-refractivity contribution < 1.29 is 19.0 Å². The molecule has 0 aliphatic rings. The van der Waals surface area contributed by atoms with E-state index in [0.29, 0.717) is 39.3 Å². The van der Waals surface area contributed by atoms with Crippen LogP contribution in [0.1, 0.15) is 16.1 Å². The van der Waals surface area contributed by atoms with E-state index in [9.17, 15) is 9.59 Å². The highest BCUT2D eigenvalue weighted by atomic mass is 16.5. The fraction of sp³-hybridized carbons (Fsp3) is 0.160. The fourth-order valence-electron chi connectivity index (χ4n) is 3.64. The fourth-order valence-corrected chi connectivity index (χ4v) is 3.64. The number of ether oxygens (including phenoxy) is 3. The van der Waals surface area contributed by atoms with Crippen molar-refractivity contribution in [2.75, 3.05) is 21.3 Å². The Morgan fingerprint density at radius 3 is 2.21 bits per heavy atom. The van der Waals surface area contributed by atoms with Crippen molar-refractivity contribution in [3.05, 3.63) is 88.6 Å². The van der Waals surface area contributed by atoms with E-state index < -0.39 is 0 Å². The van der Waals surface area contributed by atoms with E-state index in [1.165, 1.54) is 32.1 Å². The van der Waals surface area contributed by atoms with E-state index in [4.69, 9.17) is 14.2 Å². The number of fused-ring (bicyclic) bond motifs is 1. The molecule has 2 aromatic heterocycles. The van der Waals surface area contributed by atoms with Crippen LogP contribution in [0.2, 0.25) is 0 Å². The van der Waals surface area contributed by atoms with Crippen LogP contribution >= 0.6 is 0 Å². The molecule has 0 unspecified atom stereocenters. The van der Waals surface area contributed by atoms with E-state index in [2.05, 4.69) is 10.3 Å². The highest BCUT2D eigenvalue weighted by molar-refractivity contribution is 6.06. The maximum atomic E-state index is 13.3. The van der Waals surface area contributed by atoms with Crippen LogP contribution in [0.25, 0.3) is 16.5 Å². The minimum absolute atomic E-state index is 0.261. The summed E-state index contributed by atoms with van der Waals surface area (Å²) in [4.78, 5) is 30.7. The molecule has 8 heteroatoms. The molecule has 0 spiro atoms. The second kappa shape index (κ2) is 9.44. The summed E-state index contributed by atoms with van der Waals surface area (Å²) in [6.45, 7) is 0.261. The predicted molar refractivity (Wildman–Crippen MR) is 125 cm³/mol. The average Bonchev–Trinajstić information content (AvgIpc) is 2.87. The molecular weight excluding hydrogens is 422 g/mol. The Morgan fingerprint density at radius 2 is 1.61 bits per heavy atom. The number of hydrogen-bond donors (Lipinski definition) is 1. The molecule has 1 N–H and O–H groups in total. The largest absolute Gasteiger partial charge is 0.493 e. The number of carbonyl (C=O) groups excluding carboxylic acids is 1. The summed E-state index contributed by atoms with van der Waals surface area (Å²) in [5, 5.41) is 3.86. The van der Waals surface area contributed by atoms with Crippen molar-refractivity contribution in [1.29, 1.82) is 0 Å². The van der Waals surface area contributed by atoms with Gasteiger partial charge in [0.25, 0.3) is 11.5 Å². The second-order valence-electron chi connectivity index (χ2n) is 7.15. The van der Waals surface area contributed by atoms with Crippen molar-refractivity contribution in [3.63, 3.8) is 0 Å². The van der Waals surface area contributed by atoms with Crippen LogP contribution in [0, 0.1) is 0 Å². The molecule has 0 fully saturated rings. The minimum Gasteiger partial charge on any atom is -0.493 e. The topological polar surface area (TPSA) is 91.7 Å². The Morgan fingerprint density at radius 1 is 0.939 bits per heavy atom. The Bertz CT molecular complexity index is 1340. The minimum atomic E-state index is -0.321. The van der Waals surface area contributed by atoms with Gasteiger partial charge in [0.1, 0.15) is 0 Å². The molecule has 0 radical (unpaired) electrons. The van der Waals surface area contributed by atoms with Gasteiger partial charge >= 0.3 is 0 Å². The monoisotopic (exact) mass is 445 g/mol. The molecule has 0 saturated heterocycles. The number of benzene rings is 2. The molecule has 0 bridgehead atoms. The number of methoxy groups -OCH3 is 3. The first-order chi connectivity index (χ1) is 16.1. The lowest BCUT2D eigenvalue weighted by Crippen LogP contribution is -2.27.